The minimum absolute atomic E-state index is 0.0642. The Labute approximate surface area is 195 Å². The molecule has 0 bridgehead atoms. The maximum atomic E-state index is 13.0. The number of rotatable bonds is 7. The molecule has 7 nitrogen and oxygen atoms in total. The molecule has 1 amide bonds. The Kier molecular flexibility index (Phi) is 6.73. The van der Waals surface area contributed by atoms with Gasteiger partial charge in [0.1, 0.15) is 17.1 Å². The summed E-state index contributed by atoms with van der Waals surface area (Å²) in [4.78, 5) is 38.2. The number of anilines is 1. The molecule has 4 aromatic rings. The maximum absolute atomic E-state index is 13.0. The number of carbonyl (C=O) groups is 2. The molecule has 0 saturated heterocycles. The third-order valence-electron chi connectivity index (χ3n) is 5.20. The second kappa shape index (κ2) is 10.0. The normalized spacial score (nSPS) is 10.6. The molecule has 1 N–H and O–H groups in total. The van der Waals surface area contributed by atoms with Crippen LogP contribution in [0.3, 0.4) is 0 Å². The van der Waals surface area contributed by atoms with E-state index < -0.39 is 18.5 Å². The van der Waals surface area contributed by atoms with Crippen LogP contribution in [0.15, 0.2) is 82.0 Å². The van der Waals surface area contributed by atoms with Gasteiger partial charge in [0.05, 0.1) is 17.7 Å². The average molecular weight is 457 g/mol. The molecule has 3 aromatic carbocycles. The maximum Gasteiger partial charge on any atom is 0.342 e. The minimum atomic E-state index is -0.773. The molecule has 0 spiro atoms. The first-order chi connectivity index (χ1) is 16.5. The number of nitrogens with one attached hydrogen (secondary N) is 1. The molecular formula is C27H23NO6. The van der Waals surface area contributed by atoms with Crippen molar-refractivity contribution >= 4 is 28.5 Å². The minimum Gasteiger partial charge on any atom is -0.492 e. The summed E-state index contributed by atoms with van der Waals surface area (Å²) in [6, 6.07) is 20.8. The van der Waals surface area contributed by atoms with Crippen LogP contribution < -0.4 is 15.5 Å². The lowest BCUT2D eigenvalue weighted by Gasteiger charge is -2.12. The SMILES string of the molecule is CCOc1ccccc1NC(=O)COC(=O)c1cccc2c(=O)c(C)c(-c3ccccc3)oc12. The molecule has 1 aromatic heterocycles. The predicted molar refractivity (Wildman–Crippen MR) is 129 cm³/mol. The summed E-state index contributed by atoms with van der Waals surface area (Å²) in [5.41, 5.74) is 1.58. The van der Waals surface area contributed by atoms with Crippen LogP contribution in [-0.2, 0) is 9.53 Å². The predicted octanol–water partition coefficient (Wildman–Crippen LogP) is 4.96. The van der Waals surface area contributed by atoms with Crippen molar-refractivity contribution < 1.29 is 23.5 Å². The highest BCUT2D eigenvalue weighted by Gasteiger charge is 2.20. The van der Waals surface area contributed by atoms with Crippen molar-refractivity contribution in [3.05, 3.63) is 94.1 Å². The fourth-order valence-corrected chi connectivity index (χ4v) is 3.58. The number of hydrogen-bond donors (Lipinski definition) is 1. The Balaban J connectivity index is 1.58. The molecule has 0 radical (unpaired) electrons. The third kappa shape index (κ3) is 4.68. The van der Waals surface area contributed by atoms with Gasteiger partial charge < -0.3 is 19.2 Å². The average Bonchev–Trinajstić information content (AvgIpc) is 2.86. The number of hydrogen-bond acceptors (Lipinski definition) is 6. The van der Waals surface area contributed by atoms with Gasteiger partial charge in [-0.2, -0.15) is 0 Å². The van der Waals surface area contributed by atoms with Crippen molar-refractivity contribution in [1.82, 2.24) is 0 Å². The van der Waals surface area contributed by atoms with Crippen molar-refractivity contribution in [1.29, 1.82) is 0 Å². The number of para-hydroxylation sites is 3. The summed E-state index contributed by atoms with van der Waals surface area (Å²) in [6.45, 7) is 3.45. The summed E-state index contributed by atoms with van der Waals surface area (Å²) >= 11 is 0. The highest BCUT2D eigenvalue weighted by molar-refractivity contribution is 6.03. The first kappa shape index (κ1) is 22.8. The van der Waals surface area contributed by atoms with E-state index in [1.807, 2.05) is 37.3 Å². The molecule has 4 rings (SSSR count). The highest BCUT2D eigenvalue weighted by atomic mass is 16.5. The fraction of sp³-hybridized carbons (Fsp3) is 0.148. The van der Waals surface area contributed by atoms with Crippen molar-refractivity contribution in [3.63, 3.8) is 0 Å². The number of fused-ring (bicyclic) bond motifs is 1. The zero-order valence-corrected chi connectivity index (χ0v) is 18.8. The van der Waals surface area contributed by atoms with Crippen LogP contribution in [0.1, 0.15) is 22.8 Å². The van der Waals surface area contributed by atoms with Crippen LogP contribution in [-0.4, -0.2) is 25.1 Å². The van der Waals surface area contributed by atoms with E-state index in [-0.39, 0.29) is 22.0 Å². The Hall–Kier alpha value is -4.39. The van der Waals surface area contributed by atoms with Gasteiger partial charge in [0.2, 0.25) is 0 Å². The molecule has 0 fully saturated rings. The molecule has 7 heteroatoms. The van der Waals surface area contributed by atoms with Crippen molar-refractivity contribution in [3.8, 4) is 17.1 Å². The van der Waals surface area contributed by atoms with Crippen molar-refractivity contribution in [2.75, 3.05) is 18.5 Å². The van der Waals surface area contributed by atoms with Crippen LogP contribution in [0.5, 0.6) is 5.75 Å². The molecule has 34 heavy (non-hydrogen) atoms. The van der Waals surface area contributed by atoms with E-state index in [4.69, 9.17) is 13.9 Å². The largest absolute Gasteiger partial charge is 0.492 e. The van der Waals surface area contributed by atoms with Crippen LogP contribution in [0.2, 0.25) is 0 Å². The second-order valence-corrected chi connectivity index (χ2v) is 7.49. The Bertz CT molecular complexity index is 1410. The highest BCUT2D eigenvalue weighted by Crippen LogP contribution is 2.28. The Morgan fingerprint density at radius 2 is 1.68 bits per heavy atom. The van der Waals surface area contributed by atoms with Crippen LogP contribution >= 0.6 is 0 Å². The molecule has 0 saturated carbocycles. The molecule has 0 aliphatic heterocycles. The van der Waals surface area contributed by atoms with Crippen molar-refractivity contribution in [2.45, 2.75) is 13.8 Å². The summed E-state index contributed by atoms with van der Waals surface area (Å²) in [5.74, 6) is -0.402. The van der Waals surface area contributed by atoms with Gasteiger partial charge in [0.25, 0.3) is 5.91 Å². The lowest BCUT2D eigenvalue weighted by Crippen LogP contribution is -2.21. The van der Waals surface area contributed by atoms with E-state index in [1.165, 1.54) is 6.07 Å². The van der Waals surface area contributed by atoms with E-state index in [9.17, 15) is 14.4 Å². The number of ether oxygens (including phenoxy) is 2. The zero-order valence-electron chi connectivity index (χ0n) is 18.8. The van der Waals surface area contributed by atoms with E-state index >= 15 is 0 Å². The second-order valence-electron chi connectivity index (χ2n) is 7.49. The number of amides is 1. The van der Waals surface area contributed by atoms with Gasteiger partial charge in [-0.25, -0.2) is 4.79 Å². The fourth-order valence-electron chi connectivity index (χ4n) is 3.58. The van der Waals surface area contributed by atoms with Gasteiger partial charge >= 0.3 is 5.97 Å². The zero-order chi connectivity index (χ0) is 24.1. The summed E-state index contributed by atoms with van der Waals surface area (Å²) < 4.78 is 16.8. The lowest BCUT2D eigenvalue weighted by molar-refractivity contribution is -0.119. The third-order valence-corrected chi connectivity index (χ3v) is 5.20. The number of carbonyl (C=O) groups excluding carboxylic acids is 2. The molecule has 1 heterocycles. The van der Waals surface area contributed by atoms with Gasteiger partial charge in [0, 0.05) is 11.1 Å². The lowest BCUT2D eigenvalue weighted by atomic mass is 10.0. The molecule has 0 aliphatic rings. The summed E-state index contributed by atoms with van der Waals surface area (Å²) in [6.07, 6.45) is 0. The smallest absolute Gasteiger partial charge is 0.342 e. The molecular weight excluding hydrogens is 434 g/mol. The standard InChI is InChI=1S/C27H23NO6/c1-3-32-22-15-8-7-14-21(22)28-23(29)16-33-27(31)20-13-9-12-19-24(30)17(2)25(34-26(19)20)18-10-5-4-6-11-18/h4-15H,3,16H2,1-2H3,(H,28,29). The van der Waals surface area contributed by atoms with E-state index in [1.54, 1.807) is 43.3 Å². The van der Waals surface area contributed by atoms with E-state index in [0.29, 0.717) is 29.4 Å². The van der Waals surface area contributed by atoms with Crippen LogP contribution in [0, 0.1) is 6.92 Å². The first-order valence-corrected chi connectivity index (χ1v) is 10.8. The number of esters is 1. The first-order valence-electron chi connectivity index (χ1n) is 10.8. The van der Waals surface area contributed by atoms with Crippen molar-refractivity contribution in [2.24, 2.45) is 0 Å². The quantitative estimate of drug-likeness (QED) is 0.394. The Morgan fingerprint density at radius 1 is 0.941 bits per heavy atom. The van der Waals surface area contributed by atoms with E-state index in [2.05, 4.69) is 5.32 Å². The van der Waals surface area contributed by atoms with Gasteiger partial charge in [-0.15, -0.1) is 0 Å². The molecule has 172 valence electrons. The Morgan fingerprint density at radius 3 is 2.44 bits per heavy atom. The molecule has 0 unspecified atom stereocenters. The van der Waals surface area contributed by atoms with Gasteiger partial charge in [-0.05, 0) is 38.1 Å². The summed E-state index contributed by atoms with van der Waals surface area (Å²) in [7, 11) is 0. The van der Waals surface area contributed by atoms with Gasteiger partial charge in [-0.1, -0.05) is 48.5 Å². The van der Waals surface area contributed by atoms with Crippen LogP contribution in [0.25, 0.3) is 22.3 Å². The summed E-state index contributed by atoms with van der Waals surface area (Å²) in [5, 5.41) is 2.94. The topological polar surface area (TPSA) is 94.8 Å². The number of benzene rings is 3. The molecule has 0 atom stereocenters. The van der Waals surface area contributed by atoms with E-state index in [0.717, 1.165) is 5.56 Å². The van der Waals surface area contributed by atoms with Crippen LogP contribution in [0.4, 0.5) is 5.69 Å². The van der Waals surface area contributed by atoms with Gasteiger partial charge in [0.15, 0.2) is 17.6 Å². The van der Waals surface area contributed by atoms with Gasteiger partial charge in [-0.3, -0.25) is 9.59 Å². The molecule has 0 aliphatic carbocycles. The monoisotopic (exact) mass is 457 g/mol.